The van der Waals surface area contributed by atoms with Gasteiger partial charge in [-0.3, -0.25) is 4.79 Å². The summed E-state index contributed by atoms with van der Waals surface area (Å²) < 4.78 is 0. The number of carbonyl (C=O) groups is 1. The highest BCUT2D eigenvalue weighted by Gasteiger charge is 2.08. The highest BCUT2D eigenvalue weighted by Crippen LogP contribution is 1.56. The molecule has 5 heteroatoms. The topological polar surface area (TPSA) is 45.7 Å². The van der Waals surface area contributed by atoms with Crippen molar-refractivity contribution in [2.75, 3.05) is 13.2 Å². The Bertz CT molecular complexity index is 69.7. The van der Waals surface area contributed by atoms with Crippen LogP contribution in [0.2, 0.25) is 0 Å². The molecule has 3 N–H and O–H groups in total. The normalized spacial score (nSPS) is 15.8. The summed E-state index contributed by atoms with van der Waals surface area (Å²) >= 11 is 0. The Kier molecular flexibility index (Phi) is 7.02. The van der Waals surface area contributed by atoms with Crippen LogP contribution in [0, 0.1) is 0 Å². The molecule has 1 saturated heterocycles. The van der Waals surface area contributed by atoms with Crippen LogP contribution >= 0.6 is 0 Å². The van der Waals surface area contributed by atoms with E-state index in [1.807, 2.05) is 5.32 Å². The molecule has 0 radical (unpaired) electrons. The van der Waals surface area contributed by atoms with Crippen LogP contribution < -0.4 is 35.4 Å². The van der Waals surface area contributed by atoms with Crippen LogP contribution in [0.5, 0.6) is 0 Å². The van der Waals surface area contributed by atoms with Gasteiger partial charge in [0.25, 0.3) is 5.91 Å². The van der Waals surface area contributed by atoms with Crippen molar-refractivity contribution in [2.45, 2.75) is 0 Å². The van der Waals surface area contributed by atoms with Crippen LogP contribution in [0.15, 0.2) is 0 Å². The molecule has 0 atom stereocenters. The molecule has 8 heavy (non-hydrogen) atoms. The molecule has 0 bridgehead atoms. The lowest BCUT2D eigenvalue weighted by molar-refractivity contribution is -0.633. The molecule has 1 fully saturated rings. The number of carbonyl (C=O) groups excluding carboxylic acids is 1. The van der Waals surface area contributed by atoms with Crippen molar-refractivity contribution in [3.63, 3.8) is 0 Å². The first kappa shape index (κ1) is 10.9. The number of amides is 1. The highest BCUT2D eigenvalue weighted by molar-refractivity contribution is 5.77. The van der Waals surface area contributed by atoms with Gasteiger partial charge in [0.2, 0.25) is 0 Å². The van der Waals surface area contributed by atoms with Gasteiger partial charge in [0.05, 0.1) is 0 Å². The van der Waals surface area contributed by atoms with Crippen LogP contribution in [0.25, 0.3) is 0 Å². The van der Waals surface area contributed by atoms with Gasteiger partial charge in [-0.1, -0.05) is 0 Å². The summed E-state index contributed by atoms with van der Waals surface area (Å²) in [6.07, 6.45) is 0. The molecule has 0 aromatic rings. The lowest BCUT2D eigenvalue weighted by Gasteiger charge is -1.74. The zero-order chi connectivity index (χ0) is 4.41. The Morgan fingerprint density at radius 3 is 2.25 bits per heavy atom. The largest absolute Gasteiger partial charge is 1.00 e. The van der Waals surface area contributed by atoms with E-state index in [1.54, 1.807) is 0 Å². The number of hydrogen-bond acceptors (Lipinski definition) is 1. The highest BCUT2D eigenvalue weighted by atomic mass is 35.5. The molecule has 0 aromatic carbocycles. The molecule has 0 aliphatic carbocycles. The molecule has 50 valence electrons. The van der Waals surface area contributed by atoms with Crippen molar-refractivity contribution in [1.29, 1.82) is 0 Å². The van der Waals surface area contributed by atoms with Gasteiger partial charge in [-0.2, -0.15) is 0 Å². The van der Waals surface area contributed by atoms with Gasteiger partial charge >= 0.3 is 0 Å². The lowest BCUT2D eigenvalue weighted by atomic mass is 10.7. The van der Waals surface area contributed by atoms with Gasteiger partial charge in [0.1, 0.15) is 0 Å². The van der Waals surface area contributed by atoms with Crippen molar-refractivity contribution in [2.24, 2.45) is 0 Å². The fourth-order valence-electron chi connectivity index (χ4n) is 0.461. The van der Waals surface area contributed by atoms with E-state index in [-0.39, 0.29) is 30.7 Å². The number of hydrogen-bond donors (Lipinski definition) is 2. The first-order valence-electron chi connectivity index (χ1n) is 1.98. The molecule has 0 saturated carbocycles. The Labute approximate surface area is 60.0 Å². The molecule has 1 rings (SSSR count). The van der Waals surface area contributed by atoms with Crippen molar-refractivity contribution >= 4 is 5.91 Å². The van der Waals surface area contributed by atoms with Crippen molar-refractivity contribution < 1.29 is 34.9 Å². The van der Waals surface area contributed by atoms with E-state index in [0.717, 1.165) is 6.67 Å². The van der Waals surface area contributed by atoms with Crippen molar-refractivity contribution in [3.05, 3.63) is 0 Å². The van der Waals surface area contributed by atoms with Crippen LogP contribution in [0.3, 0.4) is 0 Å². The van der Waals surface area contributed by atoms with Crippen molar-refractivity contribution in [3.8, 4) is 0 Å². The quantitative estimate of drug-likeness (QED) is 0.361. The fraction of sp³-hybridized carbons (Fsp3) is 0.667. The predicted molar refractivity (Wildman–Crippen MR) is 19.8 cm³/mol. The maximum Gasteiger partial charge on any atom is 0.279 e. The number of quaternary nitrogens is 1. The standard InChI is InChI=1S/C3H6N2O.2ClH/c6-3-1-4-2-5-3;;/h4H,1-2H2,(H,5,6);2*1H/p-1. The van der Waals surface area contributed by atoms with Gasteiger partial charge in [0, 0.05) is 0 Å². The van der Waals surface area contributed by atoms with Crippen LogP contribution in [-0.2, 0) is 4.79 Å². The zero-order valence-corrected chi connectivity index (χ0v) is 5.67. The summed E-state index contributed by atoms with van der Waals surface area (Å²) in [4.78, 5) is 10.1. The van der Waals surface area contributed by atoms with Crippen LogP contribution in [-0.4, -0.2) is 19.1 Å². The fourth-order valence-corrected chi connectivity index (χ4v) is 0.461. The average Bonchev–Trinajstić information content (AvgIpc) is 1.86. The minimum absolute atomic E-state index is 0. The second kappa shape index (κ2) is 5.15. The number of rotatable bonds is 0. The van der Waals surface area contributed by atoms with E-state index in [2.05, 4.69) is 5.32 Å². The van der Waals surface area contributed by atoms with Gasteiger partial charge in [-0.05, 0) is 0 Å². The molecule has 1 aliphatic rings. The Morgan fingerprint density at radius 1 is 1.50 bits per heavy atom. The molecule has 1 amide bonds. The summed E-state index contributed by atoms with van der Waals surface area (Å²) in [7, 11) is 0. The van der Waals surface area contributed by atoms with E-state index in [4.69, 9.17) is 0 Å². The summed E-state index contributed by atoms with van der Waals surface area (Å²) in [5.74, 6) is 0.148. The molecule has 0 aromatic heterocycles. The predicted octanol–water partition coefficient (Wildman–Crippen LogP) is -8.35. The third kappa shape index (κ3) is 3.07. The third-order valence-corrected chi connectivity index (χ3v) is 0.773. The van der Waals surface area contributed by atoms with Gasteiger partial charge in [0.15, 0.2) is 13.2 Å². The van der Waals surface area contributed by atoms with Gasteiger partial charge in [-0.15, -0.1) is 0 Å². The van der Waals surface area contributed by atoms with E-state index in [1.165, 1.54) is 0 Å². The van der Waals surface area contributed by atoms with E-state index in [9.17, 15) is 4.79 Å². The van der Waals surface area contributed by atoms with E-state index >= 15 is 0 Å². The zero-order valence-electron chi connectivity index (χ0n) is 4.16. The van der Waals surface area contributed by atoms with Crippen molar-refractivity contribution in [1.82, 2.24) is 5.32 Å². The first-order valence-corrected chi connectivity index (χ1v) is 1.98. The number of nitrogens with two attached hydrogens (primary N) is 1. The minimum atomic E-state index is 0. The van der Waals surface area contributed by atoms with Gasteiger partial charge < -0.3 is 35.4 Å². The molecule has 1 heterocycles. The molecule has 1 aliphatic heterocycles. The second-order valence-electron chi connectivity index (χ2n) is 1.30. The minimum Gasteiger partial charge on any atom is -1.00 e. The Morgan fingerprint density at radius 2 is 2.12 bits per heavy atom. The third-order valence-electron chi connectivity index (χ3n) is 0.773. The number of nitrogens with one attached hydrogen (secondary N) is 1. The van der Waals surface area contributed by atoms with Crippen LogP contribution in [0.4, 0.5) is 0 Å². The second-order valence-corrected chi connectivity index (χ2v) is 1.30. The molecule has 0 spiro atoms. The Hall–Kier alpha value is 0.01000. The molecule has 0 unspecified atom stereocenters. The number of halogens is 2. The average molecular weight is 158 g/mol. The summed E-state index contributed by atoms with van der Waals surface area (Å²) in [5.41, 5.74) is 0. The summed E-state index contributed by atoms with van der Waals surface area (Å²) in [6.45, 7) is 1.37. The monoisotopic (exact) mass is 157 g/mol. The smallest absolute Gasteiger partial charge is 0.279 e. The van der Waals surface area contributed by atoms with Crippen LogP contribution in [0.1, 0.15) is 0 Å². The maximum absolute atomic E-state index is 10.1. The van der Waals surface area contributed by atoms with E-state index < -0.39 is 0 Å². The maximum atomic E-state index is 10.1. The first-order chi connectivity index (χ1) is 2.89. The van der Waals surface area contributed by atoms with Gasteiger partial charge in [-0.25, -0.2) is 0 Å². The SMILES string of the molecule is O=C1C[NH2+]CN1.[Cl-].[Cl-]. The lowest BCUT2D eigenvalue weighted by Crippen LogP contribution is -3.00. The summed E-state index contributed by atoms with van der Waals surface area (Å²) in [6, 6.07) is 0. The molecular formula is C3H7Cl2N2O-. The van der Waals surface area contributed by atoms with E-state index in [0.29, 0.717) is 6.54 Å². The molecule has 3 nitrogen and oxygen atoms in total. The molecular weight excluding hydrogens is 151 g/mol. The Balaban J connectivity index is 0. The summed E-state index contributed by atoms with van der Waals surface area (Å²) in [5, 5.41) is 4.54.